The summed E-state index contributed by atoms with van der Waals surface area (Å²) < 4.78 is 0. The van der Waals surface area contributed by atoms with Crippen LogP contribution >= 0.6 is 0 Å². The second kappa shape index (κ2) is 7.52. The number of nitrogens with one attached hydrogen (secondary N) is 1. The second-order valence-electron chi connectivity index (χ2n) is 7.56. The first-order chi connectivity index (χ1) is 12.0. The highest BCUT2D eigenvalue weighted by molar-refractivity contribution is 5.41. The second-order valence-corrected chi connectivity index (χ2v) is 7.56. The Kier molecular flexibility index (Phi) is 5.37. The molecule has 1 aliphatic heterocycles. The molecular formula is C19H29N5O. The van der Waals surface area contributed by atoms with Crippen molar-refractivity contribution in [2.75, 3.05) is 18.0 Å². The van der Waals surface area contributed by atoms with Crippen LogP contribution in [0.3, 0.4) is 0 Å². The molecule has 0 aliphatic carbocycles. The zero-order valence-corrected chi connectivity index (χ0v) is 15.6. The predicted molar refractivity (Wildman–Crippen MR) is 98.7 cm³/mol. The topological polar surface area (TPSA) is 77.9 Å². The van der Waals surface area contributed by atoms with E-state index in [9.17, 15) is 5.11 Å². The van der Waals surface area contributed by atoms with Gasteiger partial charge < -0.3 is 15.0 Å². The van der Waals surface area contributed by atoms with Crippen molar-refractivity contribution >= 4 is 5.82 Å². The summed E-state index contributed by atoms with van der Waals surface area (Å²) >= 11 is 0. The van der Waals surface area contributed by atoms with Crippen LogP contribution in [-0.2, 0) is 0 Å². The Morgan fingerprint density at radius 1 is 1.12 bits per heavy atom. The maximum atomic E-state index is 10.5. The van der Waals surface area contributed by atoms with Crippen LogP contribution in [0.1, 0.15) is 75.8 Å². The van der Waals surface area contributed by atoms with Crippen molar-refractivity contribution in [3.63, 3.8) is 0 Å². The Morgan fingerprint density at radius 3 is 2.40 bits per heavy atom. The highest BCUT2D eigenvalue weighted by Crippen LogP contribution is 2.31. The van der Waals surface area contributed by atoms with Crippen molar-refractivity contribution < 1.29 is 5.11 Å². The van der Waals surface area contributed by atoms with Gasteiger partial charge >= 0.3 is 0 Å². The number of hydrogen-bond acceptors (Lipinski definition) is 5. The van der Waals surface area contributed by atoms with Gasteiger partial charge in [0.15, 0.2) is 0 Å². The van der Waals surface area contributed by atoms with Gasteiger partial charge in [-0.3, -0.25) is 0 Å². The predicted octanol–water partition coefficient (Wildman–Crippen LogP) is 3.40. The third-order valence-corrected chi connectivity index (χ3v) is 4.97. The van der Waals surface area contributed by atoms with Crippen LogP contribution < -0.4 is 4.90 Å². The number of rotatable bonds is 5. The van der Waals surface area contributed by atoms with Gasteiger partial charge in [0, 0.05) is 43.2 Å². The molecule has 6 heteroatoms. The molecule has 1 atom stereocenters. The van der Waals surface area contributed by atoms with Gasteiger partial charge in [-0.2, -0.15) is 0 Å². The number of aliphatic hydroxyl groups excluding tert-OH is 1. The first kappa shape index (κ1) is 17.9. The molecule has 0 radical (unpaired) electrons. The molecule has 2 N–H and O–H groups in total. The van der Waals surface area contributed by atoms with Gasteiger partial charge in [0.25, 0.3) is 0 Å². The quantitative estimate of drug-likeness (QED) is 0.870. The number of hydrogen-bond donors (Lipinski definition) is 2. The lowest BCUT2D eigenvalue weighted by molar-refractivity contribution is 0.0856. The lowest BCUT2D eigenvalue weighted by atomic mass is 9.91. The van der Waals surface area contributed by atoms with Crippen LogP contribution in [0.4, 0.5) is 5.82 Å². The minimum atomic E-state index is -0.514. The maximum absolute atomic E-state index is 10.5. The fourth-order valence-electron chi connectivity index (χ4n) is 3.29. The number of aromatic nitrogens is 4. The van der Waals surface area contributed by atoms with Gasteiger partial charge in [-0.05, 0) is 24.7 Å². The van der Waals surface area contributed by atoms with E-state index in [1.54, 1.807) is 12.4 Å². The van der Waals surface area contributed by atoms with E-state index in [-0.39, 0.29) is 5.92 Å². The molecule has 0 amide bonds. The van der Waals surface area contributed by atoms with Gasteiger partial charge in [-0.25, -0.2) is 15.0 Å². The van der Waals surface area contributed by atoms with E-state index in [0.717, 1.165) is 43.3 Å². The molecule has 25 heavy (non-hydrogen) atoms. The molecule has 0 bridgehead atoms. The van der Waals surface area contributed by atoms with Gasteiger partial charge in [-0.15, -0.1) is 0 Å². The van der Waals surface area contributed by atoms with Crippen LogP contribution in [0.25, 0.3) is 0 Å². The third-order valence-electron chi connectivity index (χ3n) is 4.97. The molecular weight excluding hydrogens is 314 g/mol. The van der Waals surface area contributed by atoms with Crippen molar-refractivity contribution in [2.24, 2.45) is 5.92 Å². The zero-order chi connectivity index (χ0) is 18.0. The van der Waals surface area contributed by atoms with Crippen LogP contribution in [0.15, 0.2) is 18.5 Å². The molecule has 1 unspecified atom stereocenters. The van der Waals surface area contributed by atoms with E-state index in [4.69, 9.17) is 9.97 Å². The van der Waals surface area contributed by atoms with Gasteiger partial charge in [0.05, 0.1) is 0 Å². The number of H-pyrrole nitrogens is 1. The summed E-state index contributed by atoms with van der Waals surface area (Å²) in [6, 6.07) is 2.12. The molecule has 1 saturated heterocycles. The number of piperidine rings is 1. The number of imidazole rings is 1. The lowest BCUT2D eigenvalue weighted by Gasteiger charge is -2.34. The summed E-state index contributed by atoms with van der Waals surface area (Å²) in [5.41, 5.74) is 1.10. The van der Waals surface area contributed by atoms with Gasteiger partial charge in [0.2, 0.25) is 0 Å². The Hall–Kier alpha value is -1.95. The highest BCUT2D eigenvalue weighted by atomic mass is 16.3. The molecule has 0 saturated carbocycles. The summed E-state index contributed by atoms with van der Waals surface area (Å²) in [5.74, 6) is 3.55. The summed E-state index contributed by atoms with van der Waals surface area (Å²) in [6.07, 6.45) is 4.80. The lowest BCUT2D eigenvalue weighted by Crippen LogP contribution is -2.36. The molecule has 2 aromatic heterocycles. The van der Waals surface area contributed by atoms with Crippen LogP contribution in [0.5, 0.6) is 0 Å². The first-order valence-electron chi connectivity index (χ1n) is 9.27. The minimum absolute atomic E-state index is 0.235. The summed E-state index contributed by atoms with van der Waals surface area (Å²) in [5, 5.41) is 10.5. The van der Waals surface area contributed by atoms with Gasteiger partial charge in [-0.1, -0.05) is 27.7 Å². The van der Waals surface area contributed by atoms with Crippen molar-refractivity contribution in [3.05, 3.63) is 35.8 Å². The average molecular weight is 343 g/mol. The molecule has 1 aliphatic rings. The van der Waals surface area contributed by atoms with E-state index >= 15 is 0 Å². The fourth-order valence-corrected chi connectivity index (χ4v) is 3.29. The number of aliphatic hydroxyl groups is 1. The molecule has 3 rings (SSSR count). The SMILES string of the molecule is CC(C)c1cc(N2CCC(C(O)c3ncc[nH]3)CC2)nc(C(C)C)n1. The molecule has 1 fully saturated rings. The summed E-state index contributed by atoms with van der Waals surface area (Å²) in [6.45, 7) is 10.4. The Morgan fingerprint density at radius 2 is 1.84 bits per heavy atom. The summed E-state index contributed by atoms with van der Waals surface area (Å²) in [7, 11) is 0. The van der Waals surface area contributed by atoms with Crippen molar-refractivity contribution in [2.45, 2.75) is 58.5 Å². The normalized spacial score (nSPS) is 17.5. The van der Waals surface area contributed by atoms with E-state index in [1.807, 2.05) is 0 Å². The monoisotopic (exact) mass is 343 g/mol. The van der Waals surface area contributed by atoms with Crippen molar-refractivity contribution in [1.82, 2.24) is 19.9 Å². The summed E-state index contributed by atoms with van der Waals surface area (Å²) in [4.78, 5) is 19.0. The largest absolute Gasteiger partial charge is 0.385 e. The van der Waals surface area contributed by atoms with E-state index in [0.29, 0.717) is 17.7 Å². The molecule has 0 aromatic carbocycles. The van der Waals surface area contributed by atoms with E-state index in [1.165, 1.54) is 0 Å². The Balaban J connectivity index is 1.72. The number of aromatic amines is 1. The Labute approximate surface area is 149 Å². The maximum Gasteiger partial charge on any atom is 0.135 e. The van der Waals surface area contributed by atoms with Crippen LogP contribution in [-0.4, -0.2) is 38.1 Å². The third kappa shape index (κ3) is 4.00. The smallest absolute Gasteiger partial charge is 0.135 e. The zero-order valence-electron chi connectivity index (χ0n) is 15.6. The van der Waals surface area contributed by atoms with E-state index < -0.39 is 6.10 Å². The Bertz CT molecular complexity index is 649. The molecule has 136 valence electrons. The molecule has 2 aromatic rings. The fraction of sp³-hybridized carbons (Fsp3) is 0.632. The van der Waals surface area contributed by atoms with Gasteiger partial charge in [0.1, 0.15) is 23.6 Å². The molecule has 0 spiro atoms. The highest BCUT2D eigenvalue weighted by Gasteiger charge is 2.28. The van der Waals surface area contributed by atoms with Crippen molar-refractivity contribution in [1.29, 1.82) is 0 Å². The minimum Gasteiger partial charge on any atom is -0.385 e. The number of nitrogens with zero attached hydrogens (tertiary/aromatic N) is 4. The standard InChI is InChI=1S/C19H29N5O/c1-12(2)15-11-16(23-18(22-15)13(3)4)24-9-5-14(6-10-24)17(25)19-20-7-8-21-19/h7-8,11-14,17,25H,5-6,9-10H2,1-4H3,(H,20,21). The van der Waals surface area contributed by atoms with E-state index in [2.05, 4.69) is 48.6 Å². The average Bonchev–Trinajstić information content (AvgIpc) is 3.15. The van der Waals surface area contributed by atoms with Crippen LogP contribution in [0.2, 0.25) is 0 Å². The molecule has 6 nitrogen and oxygen atoms in total. The molecule has 3 heterocycles. The number of anilines is 1. The van der Waals surface area contributed by atoms with Crippen LogP contribution in [0, 0.1) is 5.92 Å². The van der Waals surface area contributed by atoms with Crippen molar-refractivity contribution in [3.8, 4) is 0 Å². The first-order valence-corrected chi connectivity index (χ1v) is 9.27.